The average molecular weight is 579 g/mol. The Morgan fingerprint density at radius 1 is 1.00 bits per heavy atom. The van der Waals surface area contributed by atoms with Crippen molar-refractivity contribution in [3.05, 3.63) is 106 Å². The van der Waals surface area contributed by atoms with Gasteiger partial charge in [-0.25, -0.2) is 9.59 Å². The molecule has 42 heavy (non-hydrogen) atoms. The number of allylic oxidation sites excluding steroid dienone is 2. The molecule has 1 aliphatic rings. The number of carbonyl (C=O) groups is 3. The molecule has 0 radical (unpaired) electrons. The van der Waals surface area contributed by atoms with Crippen molar-refractivity contribution >= 4 is 40.5 Å². The number of alkyl halides is 2. The lowest BCUT2D eigenvalue weighted by atomic mass is 9.93. The van der Waals surface area contributed by atoms with Crippen molar-refractivity contribution in [1.82, 2.24) is 5.32 Å². The summed E-state index contributed by atoms with van der Waals surface area (Å²) in [5.41, 5.74) is 3.52. The zero-order valence-electron chi connectivity index (χ0n) is 22.4. The highest BCUT2D eigenvalue weighted by Crippen LogP contribution is 2.29. The molecule has 0 fully saturated rings. The van der Waals surface area contributed by atoms with E-state index in [1.807, 2.05) is 29.6 Å². The van der Waals surface area contributed by atoms with E-state index < -0.39 is 35.3 Å². The molecule has 3 aromatic carbocycles. The molecule has 4 rings (SSSR count). The SMILES string of the molecule is O=C(NCC(F)(F)C(=O)O)c1ccc(CN(C(=O)Nc2cccc([N+](=O)[O-])c2)c2ccc(C3=CCCCC3)cc2)cc1. The molecule has 0 aromatic heterocycles. The number of hydrogen-bond acceptors (Lipinski definition) is 5. The van der Waals surface area contributed by atoms with Crippen LogP contribution in [0.1, 0.15) is 47.2 Å². The summed E-state index contributed by atoms with van der Waals surface area (Å²) < 4.78 is 26.6. The van der Waals surface area contributed by atoms with E-state index in [0.717, 1.165) is 31.2 Å². The van der Waals surface area contributed by atoms with Crippen LogP contribution in [0.4, 0.5) is 30.6 Å². The molecule has 0 bridgehead atoms. The number of nitro benzene ring substituents is 1. The Labute approximate surface area is 239 Å². The van der Waals surface area contributed by atoms with Crippen LogP contribution in [0.25, 0.3) is 5.57 Å². The number of halogens is 2. The summed E-state index contributed by atoms with van der Waals surface area (Å²) >= 11 is 0. The number of benzene rings is 3. The second kappa shape index (κ2) is 13.0. The molecule has 3 amide bonds. The Kier molecular flexibility index (Phi) is 9.25. The van der Waals surface area contributed by atoms with Crippen LogP contribution in [0.15, 0.2) is 78.9 Å². The maximum absolute atomic E-state index is 13.4. The topological polar surface area (TPSA) is 142 Å². The number of nitro groups is 1. The van der Waals surface area contributed by atoms with Crippen molar-refractivity contribution in [2.75, 3.05) is 16.8 Å². The maximum Gasteiger partial charge on any atom is 0.376 e. The molecule has 12 heteroatoms. The maximum atomic E-state index is 13.4. The molecule has 1 aliphatic carbocycles. The average Bonchev–Trinajstić information content (AvgIpc) is 2.99. The van der Waals surface area contributed by atoms with Crippen molar-refractivity contribution in [2.24, 2.45) is 0 Å². The minimum atomic E-state index is -4.11. The van der Waals surface area contributed by atoms with Gasteiger partial charge < -0.3 is 15.7 Å². The first-order valence-corrected chi connectivity index (χ1v) is 13.1. The van der Waals surface area contributed by atoms with Crippen molar-refractivity contribution in [3.8, 4) is 0 Å². The van der Waals surface area contributed by atoms with Gasteiger partial charge in [-0.15, -0.1) is 0 Å². The highest BCUT2D eigenvalue weighted by molar-refractivity contribution is 6.02. The van der Waals surface area contributed by atoms with Crippen LogP contribution < -0.4 is 15.5 Å². The van der Waals surface area contributed by atoms with Crippen molar-refractivity contribution in [2.45, 2.75) is 38.2 Å². The predicted molar refractivity (Wildman–Crippen MR) is 153 cm³/mol. The highest BCUT2D eigenvalue weighted by atomic mass is 19.3. The Morgan fingerprint density at radius 2 is 1.71 bits per heavy atom. The lowest BCUT2D eigenvalue weighted by Crippen LogP contribution is -2.42. The summed E-state index contributed by atoms with van der Waals surface area (Å²) in [6.45, 7) is -1.32. The van der Waals surface area contributed by atoms with Gasteiger partial charge in [-0.1, -0.05) is 36.4 Å². The van der Waals surface area contributed by atoms with Gasteiger partial charge in [0.15, 0.2) is 0 Å². The molecule has 0 unspecified atom stereocenters. The molecule has 0 saturated carbocycles. The van der Waals surface area contributed by atoms with E-state index in [1.165, 1.54) is 46.9 Å². The first-order chi connectivity index (χ1) is 20.0. The van der Waals surface area contributed by atoms with Gasteiger partial charge in [0.25, 0.3) is 11.6 Å². The molecule has 10 nitrogen and oxygen atoms in total. The number of carboxylic acids is 1. The van der Waals surface area contributed by atoms with E-state index in [0.29, 0.717) is 11.3 Å². The Morgan fingerprint density at radius 3 is 2.33 bits per heavy atom. The first kappa shape index (κ1) is 29.8. The van der Waals surface area contributed by atoms with Gasteiger partial charge in [-0.3, -0.25) is 19.8 Å². The Balaban J connectivity index is 1.54. The third kappa shape index (κ3) is 7.53. The summed E-state index contributed by atoms with van der Waals surface area (Å²) in [5, 5.41) is 24.3. The van der Waals surface area contributed by atoms with Crippen molar-refractivity contribution < 1.29 is 33.2 Å². The molecule has 0 saturated heterocycles. The van der Waals surface area contributed by atoms with E-state index in [4.69, 9.17) is 5.11 Å². The van der Waals surface area contributed by atoms with E-state index in [-0.39, 0.29) is 23.5 Å². The molecular formula is C30H28F2N4O6. The molecule has 0 aliphatic heterocycles. The number of non-ortho nitro benzene ring substituents is 1. The van der Waals surface area contributed by atoms with Gasteiger partial charge in [-0.05, 0) is 72.7 Å². The number of anilines is 2. The van der Waals surface area contributed by atoms with Crippen molar-refractivity contribution in [1.29, 1.82) is 0 Å². The van der Waals surface area contributed by atoms with Crippen LogP contribution in [0.5, 0.6) is 0 Å². The summed E-state index contributed by atoms with van der Waals surface area (Å²) in [5.74, 6) is -7.33. The van der Waals surface area contributed by atoms with Crippen molar-refractivity contribution in [3.63, 3.8) is 0 Å². The monoisotopic (exact) mass is 578 g/mol. The van der Waals surface area contributed by atoms with Crippen LogP contribution in [-0.4, -0.2) is 40.4 Å². The van der Waals surface area contributed by atoms with E-state index in [9.17, 15) is 33.3 Å². The molecule has 3 aromatic rings. The van der Waals surface area contributed by atoms with Gasteiger partial charge in [-0.2, -0.15) is 8.78 Å². The van der Waals surface area contributed by atoms with Gasteiger partial charge in [0.2, 0.25) is 0 Å². The minimum absolute atomic E-state index is 0.0256. The van der Waals surface area contributed by atoms with Crippen LogP contribution in [0.3, 0.4) is 0 Å². The number of rotatable bonds is 10. The normalized spacial score (nSPS) is 13.0. The van der Waals surface area contributed by atoms with Crippen LogP contribution in [-0.2, 0) is 11.3 Å². The Bertz CT molecular complexity index is 1510. The summed E-state index contributed by atoms with van der Waals surface area (Å²) in [6.07, 6.45) is 6.48. The third-order valence-electron chi connectivity index (χ3n) is 6.73. The number of carboxylic acid groups (broad SMARTS) is 1. The quantitative estimate of drug-likeness (QED) is 0.192. The fraction of sp³-hybridized carbons (Fsp3) is 0.233. The zero-order chi connectivity index (χ0) is 30.3. The summed E-state index contributed by atoms with van der Waals surface area (Å²) in [6, 6.07) is 18.3. The number of amides is 3. The Hall–Kier alpha value is -5.13. The van der Waals surface area contributed by atoms with Gasteiger partial charge in [0.05, 0.1) is 18.0 Å². The standard InChI is InChI=1S/C30H28F2N4O6/c31-30(32,28(38)39)19-33-27(37)23-11-9-20(10-12-23)18-35(29(40)34-24-7-4-8-26(17-24)36(41)42)25-15-13-22(14-16-25)21-5-2-1-3-6-21/h4-5,7-17H,1-3,6,18-19H2,(H,33,37)(H,34,40)(H,38,39). The third-order valence-corrected chi connectivity index (χ3v) is 6.73. The van der Waals surface area contributed by atoms with Crippen LogP contribution in [0.2, 0.25) is 0 Å². The minimum Gasteiger partial charge on any atom is -0.477 e. The summed E-state index contributed by atoms with van der Waals surface area (Å²) in [7, 11) is 0. The fourth-order valence-electron chi connectivity index (χ4n) is 4.44. The number of nitrogens with zero attached hydrogens (tertiary/aromatic N) is 2. The zero-order valence-corrected chi connectivity index (χ0v) is 22.4. The summed E-state index contributed by atoms with van der Waals surface area (Å²) in [4.78, 5) is 48.3. The molecular weight excluding hydrogens is 550 g/mol. The van der Waals surface area contributed by atoms with E-state index in [1.54, 1.807) is 12.1 Å². The molecule has 0 spiro atoms. The second-order valence-electron chi connectivity index (χ2n) is 9.73. The van der Waals surface area contributed by atoms with E-state index >= 15 is 0 Å². The predicted octanol–water partition coefficient (Wildman–Crippen LogP) is 6.24. The number of urea groups is 1. The van der Waals surface area contributed by atoms with Crippen LogP contribution >= 0.6 is 0 Å². The molecule has 0 heterocycles. The van der Waals surface area contributed by atoms with Gasteiger partial charge >= 0.3 is 17.9 Å². The first-order valence-electron chi connectivity index (χ1n) is 13.1. The van der Waals surface area contributed by atoms with Gasteiger partial charge in [0, 0.05) is 29.1 Å². The lowest BCUT2D eigenvalue weighted by Gasteiger charge is -2.24. The number of carbonyl (C=O) groups excluding carboxylic acids is 2. The van der Waals surface area contributed by atoms with Gasteiger partial charge in [0.1, 0.15) is 0 Å². The molecule has 218 valence electrons. The molecule has 3 N–H and O–H groups in total. The number of aliphatic carboxylic acids is 1. The smallest absolute Gasteiger partial charge is 0.376 e. The highest BCUT2D eigenvalue weighted by Gasteiger charge is 2.39. The van der Waals surface area contributed by atoms with E-state index in [2.05, 4.69) is 11.4 Å². The number of hydrogen-bond donors (Lipinski definition) is 3. The van der Waals surface area contributed by atoms with Crippen LogP contribution in [0, 0.1) is 10.1 Å². The molecule has 0 atom stereocenters. The largest absolute Gasteiger partial charge is 0.477 e. The lowest BCUT2D eigenvalue weighted by molar-refractivity contribution is -0.384. The second-order valence-corrected chi connectivity index (χ2v) is 9.73. The fourth-order valence-corrected chi connectivity index (χ4v) is 4.44. The number of nitrogens with one attached hydrogen (secondary N) is 2.